The Morgan fingerprint density at radius 3 is 0.782 bits per heavy atom. The molecule has 0 aromatic heterocycles. The van der Waals surface area contributed by atoms with Gasteiger partial charge in [0.25, 0.3) is 0 Å². The third kappa shape index (κ3) is 80.7. The second-order valence-corrected chi connectivity index (χ2v) is 30.9. The molecule has 19 heteroatoms. The maximum Gasteiger partial charge on any atom is 0.472 e. The van der Waals surface area contributed by atoms with E-state index in [-0.39, 0.29) is 25.7 Å². The van der Waals surface area contributed by atoms with Gasteiger partial charge in [0.05, 0.1) is 26.4 Å². The Morgan fingerprint density at radius 1 is 0.264 bits per heavy atom. The van der Waals surface area contributed by atoms with Crippen LogP contribution in [0.4, 0.5) is 0 Å². The highest BCUT2D eigenvalue weighted by Crippen LogP contribution is 2.45. The van der Waals surface area contributed by atoms with Crippen molar-refractivity contribution in [3.05, 3.63) is 158 Å². The van der Waals surface area contributed by atoms with E-state index in [1.807, 2.05) is 18.2 Å². The van der Waals surface area contributed by atoms with E-state index in [1.165, 1.54) is 64.2 Å². The van der Waals surface area contributed by atoms with E-state index in [0.29, 0.717) is 32.1 Å². The fourth-order valence-corrected chi connectivity index (χ4v) is 12.7. The molecule has 0 radical (unpaired) electrons. The summed E-state index contributed by atoms with van der Waals surface area (Å²) in [5.41, 5.74) is 0. The van der Waals surface area contributed by atoms with Gasteiger partial charge < -0.3 is 33.8 Å². The Kier molecular flexibility index (Phi) is 77.7. The van der Waals surface area contributed by atoms with Gasteiger partial charge in [0.1, 0.15) is 19.3 Å². The number of hydrogen-bond acceptors (Lipinski definition) is 15. The average molecular weight is 1580 g/mol. The van der Waals surface area contributed by atoms with Crippen LogP contribution >= 0.6 is 15.6 Å². The summed E-state index contributed by atoms with van der Waals surface area (Å²) in [6.07, 6.45) is 96.4. The van der Waals surface area contributed by atoms with E-state index in [1.54, 1.807) is 0 Å². The minimum Gasteiger partial charge on any atom is -0.462 e. The smallest absolute Gasteiger partial charge is 0.462 e. The van der Waals surface area contributed by atoms with Crippen molar-refractivity contribution in [1.29, 1.82) is 0 Å². The molecule has 5 atom stereocenters. The van der Waals surface area contributed by atoms with Gasteiger partial charge >= 0.3 is 39.5 Å². The lowest BCUT2D eigenvalue weighted by Gasteiger charge is -2.21. The molecule has 0 aliphatic rings. The van der Waals surface area contributed by atoms with E-state index in [2.05, 4.69) is 167 Å². The van der Waals surface area contributed by atoms with Crippen LogP contribution in [0.15, 0.2) is 158 Å². The maximum atomic E-state index is 13.1. The lowest BCUT2D eigenvalue weighted by Crippen LogP contribution is -2.30. The van der Waals surface area contributed by atoms with Crippen molar-refractivity contribution in [3.8, 4) is 0 Å². The van der Waals surface area contributed by atoms with Gasteiger partial charge in [-0.2, -0.15) is 0 Å². The SMILES string of the molecule is CC/C=C\C/C=C\C/C=C\C/C=C\C/C=C\C/C=C\CCC(=O)OCC(COP(=O)(O)OCC(O)COP(=O)(O)OCC(COC(=O)CCCCCCCC/C=C\C/C=C\C/C=C\C/C=C\CC)OC(=O)CCCCCCCCC/C=C\C/C=C\C/C=C\CC)OC(=O)CCCCCCCCCCCCCCCCC. The van der Waals surface area contributed by atoms with Crippen LogP contribution in [0.2, 0.25) is 0 Å². The molecular formula is C91H152O17P2. The van der Waals surface area contributed by atoms with Crippen LogP contribution in [0.25, 0.3) is 0 Å². The fraction of sp³-hybridized carbons (Fsp3) is 0.670. The van der Waals surface area contributed by atoms with Crippen LogP contribution in [0.1, 0.15) is 336 Å². The first-order valence-electron chi connectivity index (χ1n) is 42.7. The summed E-state index contributed by atoms with van der Waals surface area (Å²) < 4.78 is 68.8. The third-order valence-corrected chi connectivity index (χ3v) is 19.4. The van der Waals surface area contributed by atoms with Crippen molar-refractivity contribution in [2.45, 2.75) is 354 Å². The first-order valence-corrected chi connectivity index (χ1v) is 45.7. The van der Waals surface area contributed by atoms with Gasteiger partial charge in [0.2, 0.25) is 0 Å². The van der Waals surface area contributed by atoms with Crippen LogP contribution in [-0.4, -0.2) is 96.7 Å². The highest BCUT2D eigenvalue weighted by atomic mass is 31.2. The first-order chi connectivity index (χ1) is 53.7. The number of carbonyl (C=O) groups is 4. The topological polar surface area (TPSA) is 237 Å². The molecule has 0 aliphatic heterocycles. The van der Waals surface area contributed by atoms with Crippen LogP contribution in [-0.2, 0) is 65.4 Å². The standard InChI is InChI=1S/C91H152O17P2/c1-5-9-13-17-21-25-29-33-37-40-42-45-48-51-55-59-63-67-71-75-88(93)101-81-86(107-90(95)77-73-69-65-61-57-53-47-36-32-28-24-20-16-12-8-4)83-105-109(97,98)103-79-85(92)80-104-110(99,100)106-84-87(108-91(96)78-74-70-66-62-58-54-50-44-39-35-31-27-23-19-15-11-7-3)82-102-89(94)76-72-68-64-60-56-52-49-46-43-41-38-34-30-26-22-18-14-10-6-2/h9-11,13-15,21-23,25-27,33-35,37-39,42-43,45-46,51,55,63,67,85-87,92H,5-8,12,16-20,24,28-32,36,40-41,44,47-50,52-54,56-62,64-66,68-84H2,1-4H3,(H,97,98)(H,99,100)/b13-9-,14-10-,15-11-,25-21-,26-22-,27-23-,37-33-,38-34-,39-35-,45-42-,46-43-,55-51-,67-63-. The molecule has 0 fully saturated rings. The van der Waals surface area contributed by atoms with Gasteiger partial charge in [0.15, 0.2) is 12.2 Å². The Balaban J connectivity index is 5.45. The van der Waals surface area contributed by atoms with Gasteiger partial charge in [0, 0.05) is 25.7 Å². The van der Waals surface area contributed by atoms with Crippen LogP contribution < -0.4 is 0 Å². The zero-order chi connectivity index (χ0) is 80.3. The lowest BCUT2D eigenvalue weighted by molar-refractivity contribution is -0.161. The summed E-state index contributed by atoms with van der Waals surface area (Å²) in [6.45, 7) is 4.47. The molecule has 17 nitrogen and oxygen atoms in total. The molecule has 0 saturated carbocycles. The molecule has 0 amide bonds. The molecule has 0 heterocycles. The van der Waals surface area contributed by atoms with Gasteiger partial charge in [-0.25, -0.2) is 9.13 Å². The van der Waals surface area contributed by atoms with Gasteiger partial charge in [-0.1, -0.05) is 333 Å². The van der Waals surface area contributed by atoms with Crippen LogP contribution in [0.3, 0.4) is 0 Å². The van der Waals surface area contributed by atoms with E-state index < -0.39 is 97.5 Å². The zero-order valence-corrected chi connectivity index (χ0v) is 70.7. The van der Waals surface area contributed by atoms with Crippen molar-refractivity contribution in [2.24, 2.45) is 0 Å². The van der Waals surface area contributed by atoms with Gasteiger partial charge in [-0.15, -0.1) is 0 Å². The van der Waals surface area contributed by atoms with Crippen molar-refractivity contribution < 1.29 is 80.2 Å². The summed E-state index contributed by atoms with van der Waals surface area (Å²) in [5, 5.41) is 10.7. The molecule has 3 N–H and O–H groups in total. The number of unbranched alkanes of at least 4 members (excludes halogenated alkanes) is 27. The first kappa shape index (κ1) is 105. The normalized spacial score (nSPS) is 14.6. The molecule has 110 heavy (non-hydrogen) atoms. The number of esters is 4. The number of rotatable bonds is 79. The predicted molar refractivity (Wildman–Crippen MR) is 454 cm³/mol. The summed E-state index contributed by atoms with van der Waals surface area (Å²) in [7, 11) is -10.0. The lowest BCUT2D eigenvalue weighted by atomic mass is 10.0. The molecule has 5 unspecified atom stereocenters. The third-order valence-electron chi connectivity index (χ3n) is 17.5. The molecule has 0 aromatic carbocycles. The molecular weight excluding hydrogens is 1430 g/mol. The molecule has 628 valence electrons. The van der Waals surface area contributed by atoms with Gasteiger partial charge in [-0.3, -0.25) is 37.3 Å². The summed E-state index contributed by atoms with van der Waals surface area (Å²) in [6, 6.07) is 0. The average Bonchev–Trinajstić information content (AvgIpc) is 0.899. The molecule has 0 bridgehead atoms. The zero-order valence-electron chi connectivity index (χ0n) is 68.9. The van der Waals surface area contributed by atoms with E-state index in [9.17, 15) is 43.2 Å². The summed E-state index contributed by atoms with van der Waals surface area (Å²) in [4.78, 5) is 73.3. The van der Waals surface area contributed by atoms with E-state index in [4.69, 9.17) is 37.0 Å². The Morgan fingerprint density at radius 2 is 0.491 bits per heavy atom. The minimum absolute atomic E-state index is 0.0342. The Hall–Kier alpha value is -5.32. The highest BCUT2D eigenvalue weighted by molar-refractivity contribution is 7.47. The summed E-state index contributed by atoms with van der Waals surface area (Å²) in [5.74, 6) is -2.29. The number of aliphatic hydroxyl groups is 1. The van der Waals surface area contributed by atoms with Crippen molar-refractivity contribution in [2.75, 3.05) is 39.6 Å². The molecule has 0 aliphatic carbocycles. The highest BCUT2D eigenvalue weighted by Gasteiger charge is 2.30. The molecule has 0 aromatic rings. The van der Waals surface area contributed by atoms with Crippen molar-refractivity contribution in [1.82, 2.24) is 0 Å². The van der Waals surface area contributed by atoms with Gasteiger partial charge in [-0.05, 0) is 135 Å². The fourth-order valence-electron chi connectivity index (χ4n) is 11.1. The minimum atomic E-state index is -5.00. The number of hydrogen-bond donors (Lipinski definition) is 3. The number of phosphoric acid groups is 2. The Labute approximate surface area is 668 Å². The molecule has 0 spiro atoms. The van der Waals surface area contributed by atoms with Crippen molar-refractivity contribution >= 4 is 39.5 Å². The monoisotopic (exact) mass is 1580 g/mol. The quantitative estimate of drug-likeness (QED) is 0.0169. The van der Waals surface area contributed by atoms with E-state index in [0.717, 1.165) is 186 Å². The summed E-state index contributed by atoms with van der Waals surface area (Å²) >= 11 is 0. The van der Waals surface area contributed by atoms with E-state index >= 15 is 0 Å². The number of ether oxygens (including phenoxy) is 4. The molecule has 0 rings (SSSR count). The second-order valence-electron chi connectivity index (χ2n) is 28.0. The number of carbonyl (C=O) groups excluding carboxylic acids is 4. The van der Waals surface area contributed by atoms with Crippen LogP contribution in [0, 0.1) is 0 Å². The molecule has 0 saturated heterocycles. The largest absolute Gasteiger partial charge is 0.472 e. The second kappa shape index (κ2) is 81.7. The maximum absolute atomic E-state index is 13.1. The Bertz CT molecular complexity index is 2700. The van der Waals surface area contributed by atoms with Crippen molar-refractivity contribution in [3.63, 3.8) is 0 Å². The number of phosphoric ester groups is 2. The predicted octanol–water partition coefficient (Wildman–Crippen LogP) is 25.6. The van der Waals surface area contributed by atoms with Crippen LogP contribution in [0.5, 0.6) is 0 Å². The number of allylic oxidation sites excluding steroid dienone is 26. The number of aliphatic hydroxyl groups excluding tert-OH is 1.